The highest BCUT2D eigenvalue weighted by molar-refractivity contribution is 7.10. The Hall–Kier alpha value is -0.870. The molecular formula is C12H20N2OS. The van der Waals surface area contributed by atoms with E-state index in [1.165, 1.54) is 0 Å². The summed E-state index contributed by atoms with van der Waals surface area (Å²) in [6.45, 7) is 7.16. The van der Waals surface area contributed by atoms with Crippen molar-refractivity contribution in [2.75, 3.05) is 13.1 Å². The Morgan fingerprint density at radius 2 is 2.31 bits per heavy atom. The number of nitrogens with one attached hydrogen (secondary N) is 1. The second-order valence-electron chi connectivity index (χ2n) is 4.65. The van der Waals surface area contributed by atoms with Crippen LogP contribution in [0.15, 0.2) is 17.5 Å². The summed E-state index contributed by atoms with van der Waals surface area (Å²) in [6.07, 6.45) is 0. The summed E-state index contributed by atoms with van der Waals surface area (Å²) in [7, 11) is 0. The third kappa shape index (κ3) is 3.06. The Labute approximate surface area is 101 Å². The monoisotopic (exact) mass is 240 g/mol. The Balaban J connectivity index is 2.59. The lowest BCUT2D eigenvalue weighted by Crippen LogP contribution is -2.42. The molecule has 1 atom stereocenters. The van der Waals surface area contributed by atoms with Crippen molar-refractivity contribution in [1.29, 1.82) is 0 Å². The summed E-state index contributed by atoms with van der Waals surface area (Å²) in [4.78, 5) is 13.1. The molecule has 1 rings (SSSR count). The largest absolute Gasteiger partial charge is 0.355 e. The zero-order valence-electron chi connectivity index (χ0n) is 10.1. The molecule has 1 heterocycles. The minimum absolute atomic E-state index is 0.0650. The number of rotatable bonds is 5. The van der Waals surface area contributed by atoms with Crippen molar-refractivity contribution in [3.05, 3.63) is 22.4 Å². The quantitative estimate of drug-likeness (QED) is 0.823. The number of carbonyl (C=O) groups excluding carboxylic acids is 1. The van der Waals surface area contributed by atoms with Crippen LogP contribution in [0.25, 0.3) is 0 Å². The number of nitrogens with two attached hydrogens (primary N) is 1. The van der Waals surface area contributed by atoms with Gasteiger partial charge < -0.3 is 11.1 Å². The van der Waals surface area contributed by atoms with E-state index in [0.29, 0.717) is 19.0 Å². The second-order valence-corrected chi connectivity index (χ2v) is 5.60. The van der Waals surface area contributed by atoms with Crippen LogP contribution in [-0.4, -0.2) is 19.0 Å². The molecule has 0 spiro atoms. The SMILES string of the molecule is CC(CN)CNC(=O)C(C)(C)c1cccs1. The zero-order chi connectivity index (χ0) is 12.2. The van der Waals surface area contributed by atoms with E-state index < -0.39 is 5.41 Å². The first-order valence-corrected chi connectivity index (χ1v) is 6.38. The van der Waals surface area contributed by atoms with Crippen molar-refractivity contribution >= 4 is 17.2 Å². The first kappa shape index (κ1) is 13.2. The van der Waals surface area contributed by atoms with Gasteiger partial charge >= 0.3 is 0 Å². The highest BCUT2D eigenvalue weighted by Gasteiger charge is 2.30. The second kappa shape index (κ2) is 5.46. The van der Waals surface area contributed by atoms with Crippen LogP contribution >= 0.6 is 11.3 Å². The highest BCUT2D eigenvalue weighted by atomic mass is 32.1. The van der Waals surface area contributed by atoms with Gasteiger partial charge in [0.2, 0.25) is 5.91 Å². The molecule has 16 heavy (non-hydrogen) atoms. The van der Waals surface area contributed by atoms with E-state index in [-0.39, 0.29) is 5.91 Å². The van der Waals surface area contributed by atoms with Crippen molar-refractivity contribution in [2.24, 2.45) is 11.7 Å². The third-order valence-corrected chi connectivity index (χ3v) is 3.91. The number of amides is 1. The molecule has 1 amide bonds. The number of hydrogen-bond acceptors (Lipinski definition) is 3. The maximum absolute atomic E-state index is 12.0. The molecule has 0 saturated carbocycles. The van der Waals surface area contributed by atoms with Crippen LogP contribution in [0.1, 0.15) is 25.6 Å². The van der Waals surface area contributed by atoms with Gasteiger partial charge in [-0.2, -0.15) is 0 Å². The van der Waals surface area contributed by atoms with Crippen molar-refractivity contribution in [2.45, 2.75) is 26.2 Å². The molecule has 0 aliphatic carbocycles. The van der Waals surface area contributed by atoms with Crippen molar-refractivity contribution in [1.82, 2.24) is 5.32 Å². The molecule has 0 aliphatic heterocycles. The van der Waals surface area contributed by atoms with Gasteiger partial charge in [-0.05, 0) is 37.8 Å². The van der Waals surface area contributed by atoms with Crippen LogP contribution in [0, 0.1) is 5.92 Å². The molecule has 0 saturated heterocycles. The fourth-order valence-corrected chi connectivity index (χ4v) is 2.17. The zero-order valence-corrected chi connectivity index (χ0v) is 10.9. The van der Waals surface area contributed by atoms with Crippen molar-refractivity contribution < 1.29 is 4.79 Å². The smallest absolute Gasteiger partial charge is 0.230 e. The standard InChI is InChI=1S/C12H20N2OS/c1-9(7-13)8-14-11(15)12(2,3)10-5-4-6-16-10/h4-6,9H,7-8,13H2,1-3H3,(H,14,15). The molecule has 1 aromatic heterocycles. The number of thiophene rings is 1. The van der Waals surface area contributed by atoms with Crippen LogP contribution in [0.3, 0.4) is 0 Å². The maximum Gasteiger partial charge on any atom is 0.230 e. The van der Waals surface area contributed by atoms with Crippen LogP contribution in [0.2, 0.25) is 0 Å². The van der Waals surface area contributed by atoms with Gasteiger partial charge in [0.05, 0.1) is 5.41 Å². The molecule has 0 fully saturated rings. The minimum atomic E-state index is -0.456. The Bertz CT molecular complexity index is 333. The lowest BCUT2D eigenvalue weighted by molar-refractivity contribution is -0.125. The predicted octanol–water partition coefficient (Wildman–Crippen LogP) is 1.74. The van der Waals surface area contributed by atoms with E-state index in [4.69, 9.17) is 5.73 Å². The fraction of sp³-hybridized carbons (Fsp3) is 0.583. The van der Waals surface area contributed by atoms with Gasteiger partial charge in [0, 0.05) is 11.4 Å². The van der Waals surface area contributed by atoms with Gasteiger partial charge in [0.25, 0.3) is 0 Å². The van der Waals surface area contributed by atoms with Crippen molar-refractivity contribution in [3.63, 3.8) is 0 Å². The lowest BCUT2D eigenvalue weighted by atomic mass is 9.90. The molecule has 4 heteroatoms. The lowest BCUT2D eigenvalue weighted by Gasteiger charge is -2.23. The summed E-state index contributed by atoms with van der Waals surface area (Å²) >= 11 is 1.61. The fourth-order valence-electron chi connectivity index (χ4n) is 1.32. The van der Waals surface area contributed by atoms with E-state index in [2.05, 4.69) is 5.32 Å². The molecule has 1 aromatic rings. The average Bonchev–Trinajstić information content (AvgIpc) is 2.78. The van der Waals surface area contributed by atoms with E-state index in [1.54, 1.807) is 11.3 Å². The Morgan fingerprint density at radius 3 is 2.81 bits per heavy atom. The summed E-state index contributed by atoms with van der Waals surface area (Å²) in [6, 6.07) is 3.97. The van der Waals surface area contributed by atoms with E-state index in [1.807, 2.05) is 38.3 Å². The molecule has 0 aromatic carbocycles. The summed E-state index contributed by atoms with van der Waals surface area (Å²) in [5.41, 5.74) is 5.06. The van der Waals surface area contributed by atoms with Crippen LogP contribution in [0.4, 0.5) is 0 Å². The molecule has 1 unspecified atom stereocenters. The molecule has 0 radical (unpaired) electrons. The molecule has 3 nitrogen and oxygen atoms in total. The van der Waals surface area contributed by atoms with Gasteiger partial charge in [-0.3, -0.25) is 4.79 Å². The average molecular weight is 240 g/mol. The summed E-state index contributed by atoms with van der Waals surface area (Å²) in [5.74, 6) is 0.387. The van der Waals surface area contributed by atoms with Gasteiger partial charge in [-0.25, -0.2) is 0 Å². The Morgan fingerprint density at radius 1 is 1.62 bits per heavy atom. The molecule has 3 N–H and O–H groups in total. The third-order valence-electron chi connectivity index (χ3n) is 2.72. The van der Waals surface area contributed by atoms with Gasteiger partial charge in [0.1, 0.15) is 0 Å². The first-order valence-electron chi connectivity index (χ1n) is 5.50. The molecular weight excluding hydrogens is 220 g/mol. The first-order chi connectivity index (χ1) is 7.48. The van der Waals surface area contributed by atoms with Gasteiger partial charge in [-0.15, -0.1) is 11.3 Å². The van der Waals surface area contributed by atoms with Crippen LogP contribution in [-0.2, 0) is 10.2 Å². The number of hydrogen-bond donors (Lipinski definition) is 2. The van der Waals surface area contributed by atoms with Crippen LogP contribution < -0.4 is 11.1 Å². The van der Waals surface area contributed by atoms with Gasteiger partial charge in [-0.1, -0.05) is 13.0 Å². The van der Waals surface area contributed by atoms with Crippen LogP contribution in [0.5, 0.6) is 0 Å². The maximum atomic E-state index is 12.0. The Kier molecular flexibility index (Phi) is 4.50. The van der Waals surface area contributed by atoms with Crippen molar-refractivity contribution in [3.8, 4) is 0 Å². The predicted molar refractivity (Wildman–Crippen MR) is 68.6 cm³/mol. The van der Waals surface area contributed by atoms with E-state index >= 15 is 0 Å². The highest BCUT2D eigenvalue weighted by Crippen LogP contribution is 2.27. The van der Waals surface area contributed by atoms with Gasteiger partial charge in [0.15, 0.2) is 0 Å². The molecule has 90 valence electrons. The summed E-state index contributed by atoms with van der Waals surface area (Å²) in [5, 5.41) is 4.94. The minimum Gasteiger partial charge on any atom is -0.355 e. The van der Waals surface area contributed by atoms with E-state index in [9.17, 15) is 4.79 Å². The van der Waals surface area contributed by atoms with E-state index in [0.717, 1.165) is 4.88 Å². The topological polar surface area (TPSA) is 55.1 Å². The number of carbonyl (C=O) groups is 1. The molecule has 0 aliphatic rings. The summed E-state index contributed by atoms with van der Waals surface area (Å²) < 4.78 is 0. The normalized spacial score (nSPS) is 13.5. The molecule has 0 bridgehead atoms.